The van der Waals surface area contributed by atoms with Gasteiger partial charge in [-0.2, -0.15) is 0 Å². The van der Waals surface area contributed by atoms with Gasteiger partial charge < -0.3 is 10.8 Å². The molecule has 12 heavy (non-hydrogen) atoms. The summed E-state index contributed by atoms with van der Waals surface area (Å²) >= 11 is 0. The standard InChI is InChI=1S/C7H7FN2O2/c8-5-1-4(2-7(11)12)10-3-6(5)9/h1,3H,2,9H2,(H,11,12). The van der Waals surface area contributed by atoms with E-state index in [1.165, 1.54) is 0 Å². The summed E-state index contributed by atoms with van der Waals surface area (Å²) in [5.74, 6) is -1.69. The molecule has 0 radical (unpaired) electrons. The van der Waals surface area contributed by atoms with Gasteiger partial charge in [-0.1, -0.05) is 0 Å². The number of rotatable bonds is 2. The first-order chi connectivity index (χ1) is 5.59. The average Bonchev–Trinajstić information content (AvgIpc) is 1.96. The Bertz CT molecular complexity index is 314. The van der Waals surface area contributed by atoms with Crippen LogP contribution in [0.2, 0.25) is 0 Å². The monoisotopic (exact) mass is 170 g/mol. The summed E-state index contributed by atoms with van der Waals surface area (Å²) in [5, 5.41) is 8.33. The number of carbonyl (C=O) groups is 1. The lowest BCUT2D eigenvalue weighted by Gasteiger charge is -1.98. The molecule has 0 atom stereocenters. The predicted octanol–water partition coefficient (Wildman–Crippen LogP) is 0.430. The van der Waals surface area contributed by atoms with Crippen LogP contribution in [0.4, 0.5) is 10.1 Å². The normalized spacial score (nSPS) is 9.75. The number of hydrogen-bond donors (Lipinski definition) is 2. The van der Waals surface area contributed by atoms with Crippen molar-refractivity contribution in [1.29, 1.82) is 0 Å². The Morgan fingerprint density at radius 1 is 1.75 bits per heavy atom. The van der Waals surface area contributed by atoms with E-state index in [1.807, 2.05) is 0 Å². The van der Waals surface area contributed by atoms with Crippen LogP contribution in [-0.4, -0.2) is 16.1 Å². The molecule has 0 spiro atoms. The van der Waals surface area contributed by atoms with E-state index in [4.69, 9.17) is 10.8 Å². The molecule has 4 nitrogen and oxygen atoms in total. The second kappa shape index (κ2) is 3.17. The first kappa shape index (κ1) is 8.45. The lowest BCUT2D eigenvalue weighted by atomic mass is 10.2. The van der Waals surface area contributed by atoms with Crippen LogP contribution >= 0.6 is 0 Å². The molecule has 0 aliphatic heterocycles. The fourth-order valence-electron chi connectivity index (χ4n) is 0.733. The van der Waals surface area contributed by atoms with Crippen molar-refractivity contribution in [1.82, 2.24) is 4.98 Å². The van der Waals surface area contributed by atoms with Gasteiger partial charge >= 0.3 is 5.97 Å². The summed E-state index contributed by atoms with van der Waals surface area (Å²) in [6, 6.07) is 1.02. The highest BCUT2D eigenvalue weighted by Crippen LogP contribution is 2.08. The average molecular weight is 170 g/mol. The van der Waals surface area contributed by atoms with Gasteiger partial charge in [0.1, 0.15) is 5.82 Å². The number of aliphatic carboxylic acids is 1. The number of hydrogen-bond acceptors (Lipinski definition) is 3. The molecule has 1 aromatic heterocycles. The van der Waals surface area contributed by atoms with Crippen molar-refractivity contribution in [3.8, 4) is 0 Å². The van der Waals surface area contributed by atoms with Gasteiger partial charge in [0.2, 0.25) is 0 Å². The summed E-state index contributed by atoms with van der Waals surface area (Å²) in [7, 11) is 0. The van der Waals surface area contributed by atoms with E-state index in [-0.39, 0.29) is 17.8 Å². The second-order valence-corrected chi connectivity index (χ2v) is 2.27. The van der Waals surface area contributed by atoms with Crippen molar-refractivity contribution in [3.63, 3.8) is 0 Å². The Kier molecular flexibility index (Phi) is 2.23. The number of halogens is 1. The Balaban J connectivity index is 2.89. The van der Waals surface area contributed by atoms with E-state index in [1.54, 1.807) is 0 Å². The smallest absolute Gasteiger partial charge is 0.309 e. The summed E-state index contributed by atoms with van der Waals surface area (Å²) in [5.41, 5.74) is 5.22. The van der Waals surface area contributed by atoms with Crippen LogP contribution in [0.3, 0.4) is 0 Å². The molecule has 0 saturated heterocycles. The molecule has 0 fully saturated rings. The lowest BCUT2D eigenvalue weighted by molar-refractivity contribution is -0.136. The van der Waals surface area contributed by atoms with Gasteiger partial charge in [0.15, 0.2) is 0 Å². The van der Waals surface area contributed by atoms with Crippen LogP contribution in [0.25, 0.3) is 0 Å². The number of carboxylic acids is 1. The minimum Gasteiger partial charge on any atom is -0.481 e. The molecule has 0 unspecified atom stereocenters. The van der Waals surface area contributed by atoms with Crippen LogP contribution < -0.4 is 5.73 Å². The van der Waals surface area contributed by atoms with Gasteiger partial charge in [0.25, 0.3) is 0 Å². The zero-order valence-corrected chi connectivity index (χ0v) is 6.12. The number of pyridine rings is 1. The molecule has 1 rings (SSSR count). The van der Waals surface area contributed by atoms with E-state index < -0.39 is 11.8 Å². The van der Waals surface area contributed by atoms with Gasteiger partial charge in [-0.05, 0) is 6.07 Å². The van der Waals surface area contributed by atoms with Crippen LogP contribution in [0.1, 0.15) is 5.69 Å². The highest BCUT2D eigenvalue weighted by molar-refractivity contribution is 5.69. The Morgan fingerprint density at radius 3 is 2.92 bits per heavy atom. The quantitative estimate of drug-likeness (QED) is 0.674. The van der Waals surface area contributed by atoms with Crippen molar-refractivity contribution in [2.45, 2.75) is 6.42 Å². The van der Waals surface area contributed by atoms with E-state index in [0.717, 1.165) is 12.3 Å². The summed E-state index contributed by atoms with van der Waals surface area (Å²) in [6.07, 6.45) is 0.810. The van der Waals surface area contributed by atoms with Gasteiger partial charge in [-0.15, -0.1) is 0 Å². The van der Waals surface area contributed by atoms with E-state index in [0.29, 0.717) is 0 Å². The molecule has 0 aliphatic rings. The van der Waals surface area contributed by atoms with Gasteiger partial charge in [-0.3, -0.25) is 9.78 Å². The first-order valence-electron chi connectivity index (χ1n) is 3.21. The van der Waals surface area contributed by atoms with Gasteiger partial charge in [-0.25, -0.2) is 4.39 Å². The summed E-state index contributed by atoms with van der Waals surface area (Å²) in [6.45, 7) is 0. The largest absolute Gasteiger partial charge is 0.481 e. The SMILES string of the molecule is Nc1cnc(CC(=O)O)cc1F. The molecule has 1 heterocycles. The Morgan fingerprint density at radius 2 is 2.42 bits per heavy atom. The fraction of sp³-hybridized carbons (Fsp3) is 0.143. The number of nitrogens with zero attached hydrogens (tertiary/aromatic N) is 1. The molecular weight excluding hydrogens is 163 g/mol. The van der Waals surface area contributed by atoms with Crippen molar-refractivity contribution < 1.29 is 14.3 Å². The zero-order chi connectivity index (χ0) is 9.14. The maximum Gasteiger partial charge on any atom is 0.309 e. The third-order valence-corrected chi connectivity index (χ3v) is 1.27. The highest BCUT2D eigenvalue weighted by atomic mass is 19.1. The van der Waals surface area contributed by atoms with Crippen molar-refractivity contribution in [2.24, 2.45) is 0 Å². The minimum absolute atomic E-state index is 0.0795. The fourth-order valence-corrected chi connectivity index (χ4v) is 0.733. The molecule has 0 saturated carbocycles. The van der Waals surface area contributed by atoms with E-state index in [9.17, 15) is 9.18 Å². The molecule has 0 aromatic carbocycles. The van der Waals surface area contributed by atoms with Crippen molar-refractivity contribution >= 4 is 11.7 Å². The molecule has 0 aliphatic carbocycles. The second-order valence-electron chi connectivity index (χ2n) is 2.27. The van der Waals surface area contributed by atoms with Crippen LogP contribution in [0.5, 0.6) is 0 Å². The predicted molar refractivity (Wildman–Crippen MR) is 39.9 cm³/mol. The first-order valence-corrected chi connectivity index (χ1v) is 3.21. The zero-order valence-electron chi connectivity index (χ0n) is 6.12. The summed E-state index contributed by atoms with van der Waals surface area (Å²) < 4.78 is 12.7. The van der Waals surface area contributed by atoms with Gasteiger partial charge in [0.05, 0.1) is 24.0 Å². The number of carboxylic acid groups (broad SMARTS) is 1. The maximum absolute atomic E-state index is 12.7. The maximum atomic E-state index is 12.7. The molecule has 0 bridgehead atoms. The van der Waals surface area contributed by atoms with Gasteiger partial charge in [0, 0.05) is 0 Å². The number of nitrogen functional groups attached to an aromatic ring is 1. The summed E-state index contributed by atoms with van der Waals surface area (Å²) in [4.78, 5) is 13.8. The number of anilines is 1. The Labute approximate surface area is 67.8 Å². The number of nitrogens with two attached hydrogens (primary N) is 1. The Hall–Kier alpha value is -1.65. The molecule has 64 valence electrons. The molecule has 5 heteroatoms. The van der Waals surface area contributed by atoms with Crippen LogP contribution in [0.15, 0.2) is 12.3 Å². The van der Waals surface area contributed by atoms with Crippen molar-refractivity contribution in [3.05, 3.63) is 23.8 Å². The highest BCUT2D eigenvalue weighted by Gasteiger charge is 2.04. The third-order valence-electron chi connectivity index (χ3n) is 1.27. The minimum atomic E-state index is -1.05. The lowest BCUT2D eigenvalue weighted by Crippen LogP contribution is -2.03. The molecular formula is C7H7FN2O2. The molecule has 1 aromatic rings. The molecule has 0 amide bonds. The van der Waals surface area contributed by atoms with Crippen LogP contribution in [-0.2, 0) is 11.2 Å². The third kappa shape index (κ3) is 1.91. The van der Waals surface area contributed by atoms with Crippen LogP contribution in [0, 0.1) is 5.82 Å². The van der Waals surface area contributed by atoms with Crippen molar-refractivity contribution in [2.75, 3.05) is 5.73 Å². The molecule has 3 N–H and O–H groups in total. The number of aromatic nitrogens is 1. The topological polar surface area (TPSA) is 76.2 Å². The van der Waals surface area contributed by atoms with E-state index in [2.05, 4.69) is 4.98 Å². The van der Waals surface area contributed by atoms with E-state index >= 15 is 0 Å².